The largest absolute Gasteiger partial charge is 0.491 e. The lowest BCUT2D eigenvalue weighted by Gasteiger charge is -2.54. The number of hydrogen-bond donors (Lipinski definition) is 2. The Bertz CT molecular complexity index is 1220. The van der Waals surface area contributed by atoms with Gasteiger partial charge in [0.25, 0.3) is 0 Å². The molecular formula is C31H43FN4O3. The fourth-order valence-electron chi connectivity index (χ4n) is 6.01. The standard InChI is InChI=1S/C31H43FN4O3/c1-7-8-22(37)16-39-24-9-10-26(32)25(15-24)29-34-28(27(19(2)3)21(5)33)20(4)30(35-29)36-17-31(18-36)13-11-23(38-6)12-14-31/h9-10,15,22-23,33,37H,7-8,11-14,16-18H2,1-6H3/t22-/m1/s1. The third-order valence-electron chi connectivity index (χ3n) is 8.15. The van der Waals surface area contributed by atoms with E-state index < -0.39 is 11.9 Å². The first-order valence-corrected chi connectivity index (χ1v) is 14.1. The molecule has 212 valence electrons. The Morgan fingerprint density at radius 2 is 1.90 bits per heavy atom. The fraction of sp³-hybridized carbons (Fsp3) is 0.581. The minimum absolute atomic E-state index is 0.138. The molecule has 2 aromatic rings. The maximum atomic E-state index is 15.2. The average Bonchev–Trinajstić information content (AvgIpc) is 2.88. The van der Waals surface area contributed by atoms with Crippen molar-refractivity contribution in [1.82, 2.24) is 9.97 Å². The fourth-order valence-corrected chi connectivity index (χ4v) is 6.01. The maximum absolute atomic E-state index is 15.2. The van der Waals surface area contributed by atoms with Gasteiger partial charge in [0.15, 0.2) is 5.82 Å². The monoisotopic (exact) mass is 538 g/mol. The van der Waals surface area contributed by atoms with Gasteiger partial charge in [-0.25, -0.2) is 14.4 Å². The number of ether oxygens (including phenoxy) is 2. The van der Waals surface area contributed by atoms with Crippen molar-refractivity contribution < 1.29 is 19.0 Å². The zero-order valence-electron chi connectivity index (χ0n) is 24.2. The summed E-state index contributed by atoms with van der Waals surface area (Å²) < 4.78 is 26.6. The van der Waals surface area contributed by atoms with Gasteiger partial charge in [-0.2, -0.15) is 0 Å². The van der Waals surface area contributed by atoms with Crippen LogP contribution in [0.5, 0.6) is 5.75 Å². The summed E-state index contributed by atoms with van der Waals surface area (Å²) in [6.45, 7) is 11.6. The molecule has 39 heavy (non-hydrogen) atoms. The molecule has 1 aromatic heterocycles. The molecule has 0 unspecified atom stereocenters. The van der Waals surface area contributed by atoms with E-state index in [0.717, 1.165) is 67.7 Å². The molecule has 7 nitrogen and oxygen atoms in total. The molecule has 0 amide bonds. The highest BCUT2D eigenvalue weighted by Gasteiger charge is 2.46. The van der Waals surface area contributed by atoms with Crippen molar-refractivity contribution >= 4 is 17.1 Å². The summed E-state index contributed by atoms with van der Waals surface area (Å²) in [4.78, 5) is 12.0. The number of halogens is 1. The normalized spacial score (nSPS) is 17.6. The Labute approximate surface area is 232 Å². The highest BCUT2D eigenvalue weighted by atomic mass is 19.1. The van der Waals surface area contributed by atoms with Crippen LogP contribution < -0.4 is 9.64 Å². The van der Waals surface area contributed by atoms with Crippen molar-refractivity contribution in [3.63, 3.8) is 0 Å². The summed E-state index contributed by atoms with van der Waals surface area (Å²) in [7, 11) is 1.79. The van der Waals surface area contributed by atoms with E-state index in [0.29, 0.717) is 29.7 Å². The second-order valence-electron chi connectivity index (χ2n) is 11.5. The number of aromatic nitrogens is 2. The Hall–Kier alpha value is -2.84. The van der Waals surface area contributed by atoms with Gasteiger partial charge >= 0.3 is 0 Å². The summed E-state index contributed by atoms with van der Waals surface area (Å²) in [5.74, 6) is 1.07. The Morgan fingerprint density at radius 1 is 1.21 bits per heavy atom. The van der Waals surface area contributed by atoms with E-state index in [1.807, 2.05) is 27.7 Å². The Balaban J connectivity index is 1.72. The molecule has 1 aliphatic heterocycles. The number of nitrogens with zero attached hydrogens (tertiary/aromatic N) is 3. The Kier molecular flexibility index (Phi) is 9.07. The van der Waals surface area contributed by atoms with Gasteiger partial charge in [-0.15, -0.1) is 0 Å². The topological polar surface area (TPSA) is 91.6 Å². The van der Waals surface area contributed by atoms with E-state index in [-0.39, 0.29) is 23.4 Å². The van der Waals surface area contributed by atoms with Crippen LogP contribution in [-0.2, 0) is 4.74 Å². The van der Waals surface area contributed by atoms with Gasteiger partial charge in [-0.1, -0.05) is 18.9 Å². The maximum Gasteiger partial charge on any atom is 0.165 e. The molecular weight excluding hydrogens is 495 g/mol. The number of benzene rings is 1. The van der Waals surface area contributed by atoms with E-state index >= 15 is 4.39 Å². The molecule has 1 aromatic carbocycles. The van der Waals surface area contributed by atoms with Crippen LogP contribution in [0.25, 0.3) is 17.0 Å². The van der Waals surface area contributed by atoms with Gasteiger partial charge in [0.05, 0.1) is 23.5 Å². The first kappa shape index (κ1) is 29.2. The Morgan fingerprint density at radius 3 is 2.49 bits per heavy atom. The third-order valence-corrected chi connectivity index (χ3v) is 8.15. The van der Waals surface area contributed by atoms with Crippen LogP contribution in [-0.4, -0.2) is 59.8 Å². The van der Waals surface area contributed by atoms with Crippen LogP contribution in [0.15, 0.2) is 23.8 Å². The van der Waals surface area contributed by atoms with Crippen molar-refractivity contribution in [2.75, 3.05) is 31.7 Å². The smallest absolute Gasteiger partial charge is 0.165 e. The summed E-state index contributed by atoms with van der Waals surface area (Å²) in [6.07, 6.45) is 5.66. The zero-order chi connectivity index (χ0) is 28.3. The highest BCUT2D eigenvalue weighted by Crippen LogP contribution is 2.47. The second kappa shape index (κ2) is 12.1. The minimum atomic E-state index is -0.578. The number of methoxy groups -OCH3 is 1. The average molecular weight is 539 g/mol. The molecule has 1 saturated carbocycles. The van der Waals surface area contributed by atoms with Crippen LogP contribution in [0.4, 0.5) is 10.2 Å². The van der Waals surface area contributed by atoms with E-state index in [2.05, 4.69) is 4.90 Å². The highest BCUT2D eigenvalue weighted by molar-refractivity contribution is 6.22. The molecule has 2 heterocycles. The van der Waals surface area contributed by atoms with Gasteiger partial charge in [0, 0.05) is 42.5 Å². The summed E-state index contributed by atoms with van der Waals surface area (Å²) >= 11 is 0. The number of anilines is 1. The molecule has 4 rings (SSSR count). The van der Waals surface area contributed by atoms with Crippen LogP contribution in [0, 0.1) is 23.6 Å². The lowest BCUT2D eigenvalue weighted by atomic mass is 9.68. The molecule has 0 bridgehead atoms. The van der Waals surface area contributed by atoms with Gasteiger partial charge in [-0.05, 0) is 78.0 Å². The van der Waals surface area contributed by atoms with E-state index in [1.54, 1.807) is 26.2 Å². The summed E-state index contributed by atoms with van der Waals surface area (Å²) in [5, 5.41) is 18.6. The van der Waals surface area contributed by atoms with E-state index in [9.17, 15) is 5.11 Å². The van der Waals surface area contributed by atoms with Gasteiger partial charge in [-0.3, -0.25) is 0 Å². The SMILES string of the molecule is CCC[C@@H](O)COc1ccc(F)c(-c2nc(C(C(C)=N)=C(C)C)c(C)c(N3CC4(CCC(OC)CC4)C3)n2)c1. The van der Waals surface area contributed by atoms with Crippen LogP contribution in [0.2, 0.25) is 0 Å². The first-order valence-electron chi connectivity index (χ1n) is 14.1. The number of aliphatic hydroxyl groups is 1. The van der Waals surface area contributed by atoms with Crippen molar-refractivity contribution in [3.8, 4) is 17.1 Å². The van der Waals surface area contributed by atoms with Crippen molar-refractivity contribution in [2.24, 2.45) is 5.41 Å². The number of rotatable bonds is 10. The first-order chi connectivity index (χ1) is 18.6. The summed E-state index contributed by atoms with van der Waals surface area (Å²) in [6, 6.07) is 4.53. The van der Waals surface area contributed by atoms with E-state index in [4.69, 9.17) is 24.9 Å². The van der Waals surface area contributed by atoms with Gasteiger partial charge in [0.2, 0.25) is 0 Å². The minimum Gasteiger partial charge on any atom is -0.491 e. The van der Waals surface area contributed by atoms with Crippen LogP contribution in [0.3, 0.4) is 0 Å². The van der Waals surface area contributed by atoms with Crippen molar-refractivity contribution in [1.29, 1.82) is 5.41 Å². The molecule has 1 aliphatic carbocycles. The number of aliphatic hydroxyl groups excluding tert-OH is 1. The second-order valence-corrected chi connectivity index (χ2v) is 11.5. The predicted octanol–water partition coefficient (Wildman–Crippen LogP) is 6.36. The molecule has 0 radical (unpaired) electrons. The summed E-state index contributed by atoms with van der Waals surface area (Å²) in [5.41, 5.74) is 4.21. The van der Waals surface area contributed by atoms with Gasteiger partial charge < -0.3 is 24.9 Å². The number of nitrogens with one attached hydrogen (secondary N) is 1. The lowest BCUT2D eigenvalue weighted by Crippen LogP contribution is -2.58. The lowest BCUT2D eigenvalue weighted by molar-refractivity contribution is 0.0150. The third kappa shape index (κ3) is 6.33. The molecule has 2 fully saturated rings. The van der Waals surface area contributed by atoms with Crippen LogP contribution in [0.1, 0.15) is 77.5 Å². The predicted molar refractivity (Wildman–Crippen MR) is 154 cm³/mol. The van der Waals surface area contributed by atoms with Crippen molar-refractivity contribution in [3.05, 3.63) is 40.8 Å². The number of hydrogen-bond acceptors (Lipinski definition) is 7. The van der Waals surface area contributed by atoms with E-state index in [1.165, 1.54) is 6.07 Å². The van der Waals surface area contributed by atoms with Gasteiger partial charge in [0.1, 0.15) is 24.0 Å². The molecule has 1 atom stereocenters. The van der Waals surface area contributed by atoms with Crippen LogP contribution >= 0.6 is 0 Å². The quantitative estimate of drug-likeness (QED) is 0.342. The number of allylic oxidation sites excluding steroid dienone is 2. The molecule has 1 spiro atoms. The molecule has 2 aliphatic rings. The zero-order valence-corrected chi connectivity index (χ0v) is 24.2. The molecule has 1 saturated heterocycles. The molecule has 8 heteroatoms. The molecule has 2 N–H and O–H groups in total. The van der Waals surface area contributed by atoms with Crippen molar-refractivity contribution in [2.45, 2.75) is 85.4 Å².